The van der Waals surface area contributed by atoms with Gasteiger partial charge in [-0.1, -0.05) is 81.6 Å². The van der Waals surface area contributed by atoms with Gasteiger partial charge in [-0.15, -0.1) is 0 Å². The predicted octanol–water partition coefficient (Wildman–Crippen LogP) is 5.95. The Balaban J connectivity index is 1.49. The van der Waals surface area contributed by atoms with Crippen molar-refractivity contribution < 1.29 is 32.3 Å². The number of nitrogens with one attached hydrogen (secondary N) is 2. The fourth-order valence-corrected chi connectivity index (χ4v) is 6.88. The van der Waals surface area contributed by atoms with Crippen LogP contribution in [0.1, 0.15) is 76.0 Å². The van der Waals surface area contributed by atoms with E-state index in [1.807, 2.05) is 24.3 Å². The van der Waals surface area contributed by atoms with Crippen molar-refractivity contribution in [2.24, 2.45) is 11.8 Å². The number of benzene rings is 2. The largest absolute Gasteiger partial charge is 0.452 e. The van der Waals surface area contributed by atoms with Crippen LogP contribution in [-0.2, 0) is 37.4 Å². The highest BCUT2D eigenvalue weighted by molar-refractivity contribution is 6.30. The summed E-state index contributed by atoms with van der Waals surface area (Å²) in [6.07, 6.45) is 0.341. The van der Waals surface area contributed by atoms with E-state index in [0.717, 1.165) is 30.4 Å². The van der Waals surface area contributed by atoms with Crippen LogP contribution in [0.25, 0.3) is 0 Å². The lowest BCUT2D eigenvalue weighted by Gasteiger charge is -2.30. The number of nitrogens with zero attached hydrogens (tertiary/aromatic N) is 1. The molecule has 7 nitrogen and oxygen atoms in total. The molecule has 11 heteroatoms. The van der Waals surface area contributed by atoms with E-state index in [0.29, 0.717) is 30.7 Å². The maximum Gasteiger partial charge on any atom is 0.452 e. The molecular weight excluding hydrogens is 619 g/mol. The summed E-state index contributed by atoms with van der Waals surface area (Å²) in [5, 5.41) is 5.65. The van der Waals surface area contributed by atoms with Gasteiger partial charge < -0.3 is 15.5 Å². The van der Waals surface area contributed by atoms with E-state index in [1.54, 1.807) is 12.1 Å². The van der Waals surface area contributed by atoms with Gasteiger partial charge in [-0.05, 0) is 79.2 Å². The van der Waals surface area contributed by atoms with Gasteiger partial charge in [-0.2, -0.15) is 13.2 Å². The summed E-state index contributed by atoms with van der Waals surface area (Å²) < 4.78 is 40.0. The Hall–Kier alpha value is -3.40. The Morgan fingerprint density at radius 2 is 1.59 bits per heavy atom. The molecule has 0 radical (unpaired) electrons. The number of rotatable bonds is 12. The molecule has 250 valence electrons. The van der Waals surface area contributed by atoms with E-state index in [1.165, 1.54) is 24.3 Å². The molecule has 2 aromatic carbocycles. The third-order valence-corrected chi connectivity index (χ3v) is 9.75. The summed E-state index contributed by atoms with van der Waals surface area (Å²) in [4.78, 5) is 54.2. The molecule has 0 aromatic heterocycles. The van der Waals surface area contributed by atoms with Gasteiger partial charge in [-0.3, -0.25) is 19.2 Å². The van der Waals surface area contributed by atoms with Crippen LogP contribution in [0.4, 0.5) is 13.2 Å². The zero-order valence-corrected chi connectivity index (χ0v) is 27.3. The molecule has 1 saturated heterocycles. The quantitative estimate of drug-likeness (QED) is 0.294. The van der Waals surface area contributed by atoms with Gasteiger partial charge in [0, 0.05) is 11.6 Å². The van der Waals surface area contributed by atoms with Crippen molar-refractivity contribution >= 4 is 35.1 Å². The molecule has 1 aliphatic heterocycles. The fourth-order valence-electron chi connectivity index (χ4n) is 6.75. The molecule has 3 atom stereocenters. The monoisotopic (exact) mass is 661 g/mol. The first-order chi connectivity index (χ1) is 21.7. The number of hydrogen-bond acceptors (Lipinski definition) is 4. The first-order valence-corrected chi connectivity index (χ1v) is 16.5. The number of carbonyl (C=O) groups is 4. The van der Waals surface area contributed by atoms with E-state index < -0.39 is 47.2 Å². The SMILES string of the molecule is CCc1ccc(CC[C@@H]2CC(C(=O)NC(C(=O)C(F)(F)F)C(C)C)N(C(=O)CNC(=O)C3(c4ccc(Cl)cc4)CCCC3)C2)cc1. The second kappa shape index (κ2) is 15.0. The van der Waals surface area contributed by atoms with Crippen molar-refractivity contribution in [2.45, 2.75) is 95.8 Å². The number of aryl methyl sites for hydroxylation is 2. The number of likely N-dealkylation sites (tertiary alicyclic amines) is 1. The topological polar surface area (TPSA) is 95.6 Å². The van der Waals surface area contributed by atoms with Gasteiger partial charge in [0.2, 0.25) is 17.7 Å². The highest BCUT2D eigenvalue weighted by Crippen LogP contribution is 2.41. The van der Waals surface area contributed by atoms with Crippen LogP contribution in [0.5, 0.6) is 0 Å². The Kier molecular flexibility index (Phi) is 11.6. The van der Waals surface area contributed by atoms with Gasteiger partial charge in [-0.25, -0.2) is 0 Å². The van der Waals surface area contributed by atoms with Crippen LogP contribution in [0.15, 0.2) is 48.5 Å². The van der Waals surface area contributed by atoms with Gasteiger partial charge in [0.05, 0.1) is 18.0 Å². The summed E-state index contributed by atoms with van der Waals surface area (Å²) in [6, 6.07) is 12.5. The number of halogens is 4. The zero-order valence-electron chi connectivity index (χ0n) is 26.6. The molecule has 2 aliphatic rings. The molecule has 0 bridgehead atoms. The summed E-state index contributed by atoms with van der Waals surface area (Å²) >= 11 is 6.07. The highest BCUT2D eigenvalue weighted by Gasteiger charge is 2.47. The van der Waals surface area contributed by atoms with E-state index in [9.17, 15) is 32.3 Å². The normalized spacial score (nSPS) is 20.0. The predicted molar refractivity (Wildman–Crippen MR) is 170 cm³/mol. The highest BCUT2D eigenvalue weighted by atomic mass is 35.5. The molecule has 0 spiro atoms. The third kappa shape index (κ3) is 8.30. The minimum absolute atomic E-state index is 0.104. The Bertz CT molecular complexity index is 1390. The molecule has 1 heterocycles. The molecule has 2 fully saturated rings. The van der Waals surface area contributed by atoms with E-state index >= 15 is 0 Å². The lowest BCUT2D eigenvalue weighted by atomic mass is 9.78. The van der Waals surface area contributed by atoms with E-state index in [2.05, 4.69) is 29.7 Å². The van der Waals surface area contributed by atoms with E-state index in [-0.39, 0.29) is 31.3 Å². The smallest absolute Gasteiger partial charge is 0.346 e. The second-order valence-electron chi connectivity index (χ2n) is 12.9. The van der Waals surface area contributed by atoms with Crippen LogP contribution in [0, 0.1) is 11.8 Å². The maximum absolute atomic E-state index is 13.6. The standard InChI is InChI=1S/C35H43ClF3N3O4/c1-4-23-7-9-24(10-8-23)11-12-25-19-28(32(45)41-30(22(2)3)31(44)35(37,38)39)42(21-25)29(43)20-40-33(46)34(17-5-6-18-34)26-13-15-27(36)16-14-26/h7-10,13-16,22,25,28,30H,4-6,11-12,17-21H2,1-3H3,(H,40,46)(H,41,45)/t25-,28?,30?/m1/s1. The first-order valence-electron chi connectivity index (χ1n) is 16.1. The van der Waals surface area contributed by atoms with Crippen molar-refractivity contribution in [2.75, 3.05) is 13.1 Å². The lowest BCUT2D eigenvalue weighted by molar-refractivity contribution is -0.175. The molecule has 3 amide bonds. The second-order valence-corrected chi connectivity index (χ2v) is 13.4. The van der Waals surface area contributed by atoms with Crippen molar-refractivity contribution in [3.63, 3.8) is 0 Å². The molecule has 1 aliphatic carbocycles. The number of hydrogen-bond donors (Lipinski definition) is 2. The molecule has 2 aromatic rings. The molecule has 2 unspecified atom stereocenters. The van der Waals surface area contributed by atoms with Crippen LogP contribution in [-0.4, -0.2) is 59.8 Å². The molecular formula is C35H43ClF3N3O4. The van der Waals surface area contributed by atoms with Gasteiger partial charge in [0.1, 0.15) is 6.04 Å². The minimum Gasteiger partial charge on any atom is -0.346 e. The summed E-state index contributed by atoms with van der Waals surface area (Å²) in [6.45, 7) is 4.77. The third-order valence-electron chi connectivity index (χ3n) is 9.50. The molecule has 1 saturated carbocycles. The van der Waals surface area contributed by atoms with Crippen LogP contribution < -0.4 is 10.6 Å². The first kappa shape index (κ1) is 35.5. The van der Waals surface area contributed by atoms with E-state index in [4.69, 9.17) is 11.6 Å². The maximum atomic E-state index is 13.6. The van der Waals surface area contributed by atoms with Crippen LogP contribution >= 0.6 is 11.6 Å². The number of amides is 3. The summed E-state index contributed by atoms with van der Waals surface area (Å²) in [5.41, 5.74) is 2.34. The minimum atomic E-state index is -5.12. The molecule has 4 rings (SSSR count). The summed E-state index contributed by atoms with van der Waals surface area (Å²) in [7, 11) is 0. The van der Waals surface area contributed by atoms with Gasteiger partial charge >= 0.3 is 6.18 Å². The summed E-state index contributed by atoms with van der Waals surface area (Å²) in [5.74, 6) is -4.55. The Morgan fingerprint density at radius 3 is 2.15 bits per heavy atom. The van der Waals surface area contributed by atoms with Crippen molar-refractivity contribution in [3.8, 4) is 0 Å². The number of Topliss-reactive ketones (excluding diaryl/α,β-unsaturated/α-hetero) is 1. The van der Waals surface area contributed by atoms with Crippen LogP contribution in [0.3, 0.4) is 0 Å². The Labute approximate surface area is 273 Å². The number of ketones is 1. The Morgan fingerprint density at radius 1 is 0.978 bits per heavy atom. The zero-order chi connectivity index (χ0) is 33.6. The fraction of sp³-hybridized carbons (Fsp3) is 0.543. The van der Waals surface area contributed by atoms with Gasteiger partial charge in [0.25, 0.3) is 5.78 Å². The number of carbonyl (C=O) groups excluding carboxylic acids is 4. The average Bonchev–Trinajstić information content (AvgIpc) is 3.70. The average molecular weight is 662 g/mol. The van der Waals surface area contributed by atoms with Crippen molar-refractivity contribution in [3.05, 3.63) is 70.2 Å². The van der Waals surface area contributed by atoms with Crippen molar-refractivity contribution in [1.82, 2.24) is 15.5 Å². The molecule has 46 heavy (non-hydrogen) atoms. The van der Waals surface area contributed by atoms with Gasteiger partial charge in [0.15, 0.2) is 0 Å². The van der Waals surface area contributed by atoms with Crippen LogP contribution in [0.2, 0.25) is 5.02 Å². The van der Waals surface area contributed by atoms with Crippen molar-refractivity contribution in [1.29, 1.82) is 0 Å². The molecule has 2 N–H and O–H groups in total. The number of alkyl halides is 3. The lowest BCUT2D eigenvalue weighted by Crippen LogP contribution is -2.56.